The fraction of sp³-hybridized carbons (Fsp3) is 0.263. The van der Waals surface area contributed by atoms with Crippen LogP contribution in [0.1, 0.15) is 26.7 Å². The predicted molar refractivity (Wildman–Crippen MR) is 97.3 cm³/mol. The number of fused-ring (bicyclic) bond motifs is 1. The van der Waals surface area contributed by atoms with E-state index in [2.05, 4.69) is 15.3 Å². The van der Waals surface area contributed by atoms with Gasteiger partial charge in [-0.1, -0.05) is 6.07 Å². The smallest absolute Gasteiger partial charge is 0.287 e. The predicted octanol–water partition coefficient (Wildman–Crippen LogP) is 1.13. The lowest BCUT2D eigenvalue weighted by Crippen LogP contribution is -2.41. The molecule has 0 unspecified atom stereocenters. The molecule has 0 atom stereocenters. The maximum atomic E-state index is 12.9. The average Bonchev–Trinajstić information content (AvgIpc) is 3.13. The number of pyridine rings is 2. The third kappa shape index (κ3) is 3.52. The molecular weight excluding hydrogens is 346 g/mol. The molecule has 4 rings (SSSR count). The summed E-state index contributed by atoms with van der Waals surface area (Å²) in [5, 5.41) is 2.84. The van der Waals surface area contributed by atoms with Crippen molar-refractivity contribution in [1.82, 2.24) is 24.6 Å². The molecule has 0 aromatic carbocycles. The number of nitrogens with one attached hydrogen (secondary N) is 1. The number of ether oxygens (including phenoxy) is 1. The van der Waals surface area contributed by atoms with Crippen molar-refractivity contribution in [2.24, 2.45) is 0 Å². The van der Waals surface area contributed by atoms with Crippen molar-refractivity contribution in [2.45, 2.75) is 6.54 Å². The van der Waals surface area contributed by atoms with E-state index in [-0.39, 0.29) is 23.3 Å². The summed E-state index contributed by atoms with van der Waals surface area (Å²) in [7, 11) is 0. The lowest BCUT2D eigenvalue weighted by molar-refractivity contribution is 0.0300. The maximum Gasteiger partial charge on any atom is 0.287 e. The number of amides is 2. The van der Waals surface area contributed by atoms with Gasteiger partial charge in [-0.2, -0.15) is 0 Å². The number of carbonyl (C=O) groups excluding carboxylic acids is 2. The van der Waals surface area contributed by atoms with Crippen LogP contribution in [0.4, 0.5) is 0 Å². The SMILES string of the molecule is O=C(NCc1ccncc1)c1nc(C(=O)N2CCOCC2)c2ccccn12. The summed E-state index contributed by atoms with van der Waals surface area (Å²) in [4.78, 5) is 35.6. The lowest BCUT2D eigenvalue weighted by atomic mass is 10.3. The van der Waals surface area contributed by atoms with Gasteiger partial charge in [-0.3, -0.25) is 19.0 Å². The van der Waals surface area contributed by atoms with Gasteiger partial charge >= 0.3 is 0 Å². The van der Waals surface area contributed by atoms with Crippen molar-refractivity contribution in [3.05, 3.63) is 66.0 Å². The number of imidazole rings is 1. The van der Waals surface area contributed by atoms with E-state index in [1.807, 2.05) is 18.2 Å². The van der Waals surface area contributed by atoms with Crippen LogP contribution in [-0.4, -0.2) is 57.4 Å². The summed E-state index contributed by atoms with van der Waals surface area (Å²) in [6.45, 7) is 2.42. The number of nitrogens with zero attached hydrogens (tertiary/aromatic N) is 4. The minimum atomic E-state index is -0.339. The molecular formula is C19H19N5O3. The van der Waals surface area contributed by atoms with Crippen LogP contribution in [0, 0.1) is 0 Å². The van der Waals surface area contributed by atoms with Crippen LogP contribution in [-0.2, 0) is 11.3 Å². The summed E-state index contributed by atoms with van der Waals surface area (Å²) >= 11 is 0. The average molecular weight is 365 g/mol. The first-order valence-electron chi connectivity index (χ1n) is 8.75. The van der Waals surface area contributed by atoms with E-state index in [1.165, 1.54) is 0 Å². The molecule has 27 heavy (non-hydrogen) atoms. The molecule has 1 N–H and O–H groups in total. The Labute approximate surface area is 155 Å². The molecule has 0 spiro atoms. The van der Waals surface area contributed by atoms with E-state index < -0.39 is 0 Å². The largest absolute Gasteiger partial charge is 0.378 e. The zero-order valence-corrected chi connectivity index (χ0v) is 14.7. The van der Waals surface area contributed by atoms with Gasteiger partial charge in [0.05, 0.1) is 18.7 Å². The standard InChI is InChI=1S/C19H19N5O3/c25-18(21-13-14-4-6-20-7-5-14)17-22-16(15-3-1-2-8-24(15)17)19(26)23-9-11-27-12-10-23/h1-8H,9-13H2,(H,21,25). The number of aromatic nitrogens is 3. The van der Waals surface area contributed by atoms with Gasteiger partial charge in [0.1, 0.15) is 0 Å². The Kier molecular flexibility index (Phi) is 4.80. The second kappa shape index (κ2) is 7.55. The first-order valence-corrected chi connectivity index (χ1v) is 8.75. The Morgan fingerprint density at radius 2 is 1.89 bits per heavy atom. The van der Waals surface area contributed by atoms with E-state index in [9.17, 15) is 9.59 Å². The van der Waals surface area contributed by atoms with Crippen LogP contribution in [0.3, 0.4) is 0 Å². The summed E-state index contributed by atoms with van der Waals surface area (Å²) in [6.07, 6.45) is 5.08. The molecule has 1 saturated heterocycles. The number of hydrogen-bond donors (Lipinski definition) is 1. The lowest BCUT2D eigenvalue weighted by Gasteiger charge is -2.26. The highest BCUT2D eigenvalue weighted by Gasteiger charge is 2.26. The first kappa shape index (κ1) is 17.2. The van der Waals surface area contributed by atoms with E-state index in [0.29, 0.717) is 38.4 Å². The zero-order valence-electron chi connectivity index (χ0n) is 14.7. The number of hydrogen-bond acceptors (Lipinski definition) is 5. The van der Waals surface area contributed by atoms with Gasteiger partial charge in [0.25, 0.3) is 11.8 Å². The van der Waals surface area contributed by atoms with Crippen LogP contribution >= 0.6 is 0 Å². The van der Waals surface area contributed by atoms with Crippen molar-refractivity contribution in [1.29, 1.82) is 0 Å². The van der Waals surface area contributed by atoms with Crippen LogP contribution < -0.4 is 5.32 Å². The molecule has 0 bridgehead atoms. The van der Waals surface area contributed by atoms with Gasteiger partial charge in [-0.05, 0) is 29.8 Å². The normalized spacial score (nSPS) is 14.3. The molecule has 1 fully saturated rings. The molecule has 3 aromatic rings. The summed E-state index contributed by atoms with van der Waals surface area (Å²) < 4.78 is 6.95. The van der Waals surface area contributed by atoms with Gasteiger partial charge in [-0.15, -0.1) is 0 Å². The van der Waals surface area contributed by atoms with E-state index >= 15 is 0 Å². The van der Waals surface area contributed by atoms with Crippen molar-refractivity contribution < 1.29 is 14.3 Å². The van der Waals surface area contributed by atoms with Crippen molar-refractivity contribution in [2.75, 3.05) is 26.3 Å². The Morgan fingerprint density at radius 1 is 1.11 bits per heavy atom. The van der Waals surface area contributed by atoms with Gasteiger partial charge in [-0.25, -0.2) is 4.98 Å². The van der Waals surface area contributed by atoms with Crippen molar-refractivity contribution >= 4 is 17.3 Å². The van der Waals surface area contributed by atoms with Crippen LogP contribution in [0.2, 0.25) is 0 Å². The van der Waals surface area contributed by atoms with E-state index in [1.54, 1.807) is 40.0 Å². The molecule has 2 amide bonds. The van der Waals surface area contributed by atoms with Crippen LogP contribution in [0.15, 0.2) is 48.9 Å². The molecule has 0 radical (unpaired) electrons. The van der Waals surface area contributed by atoms with Crippen LogP contribution in [0.25, 0.3) is 5.52 Å². The Morgan fingerprint density at radius 3 is 2.67 bits per heavy atom. The van der Waals surface area contributed by atoms with Gasteiger partial charge in [0.15, 0.2) is 5.69 Å². The second-order valence-electron chi connectivity index (χ2n) is 6.18. The number of rotatable bonds is 4. The molecule has 0 aliphatic carbocycles. The Bertz CT molecular complexity index is 964. The van der Waals surface area contributed by atoms with Crippen molar-refractivity contribution in [3.8, 4) is 0 Å². The minimum absolute atomic E-state index is 0.185. The summed E-state index contributed by atoms with van der Waals surface area (Å²) in [5.74, 6) is -0.333. The van der Waals surface area contributed by atoms with Gasteiger partial charge in [0.2, 0.25) is 5.82 Å². The third-order valence-electron chi connectivity index (χ3n) is 4.45. The molecule has 1 aliphatic heterocycles. The number of morpholine rings is 1. The fourth-order valence-corrected chi connectivity index (χ4v) is 3.03. The minimum Gasteiger partial charge on any atom is -0.378 e. The van der Waals surface area contributed by atoms with Gasteiger partial charge < -0.3 is 15.0 Å². The van der Waals surface area contributed by atoms with E-state index in [4.69, 9.17) is 4.74 Å². The molecule has 0 saturated carbocycles. The molecule has 3 aromatic heterocycles. The Hall–Kier alpha value is -3.26. The first-order chi connectivity index (χ1) is 13.2. The maximum absolute atomic E-state index is 12.9. The molecule has 138 valence electrons. The molecule has 8 nitrogen and oxygen atoms in total. The third-order valence-corrected chi connectivity index (χ3v) is 4.45. The Balaban J connectivity index is 1.61. The van der Waals surface area contributed by atoms with Crippen LogP contribution in [0.5, 0.6) is 0 Å². The topological polar surface area (TPSA) is 88.8 Å². The highest BCUT2D eigenvalue weighted by atomic mass is 16.5. The molecule has 8 heteroatoms. The van der Waals surface area contributed by atoms with Gasteiger partial charge in [0, 0.05) is 38.2 Å². The number of carbonyl (C=O) groups is 2. The second-order valence-corrected chi connectivity index (χ2v) is 6.18. The quantitative estimate of drug-likeness (QED) is 0.749. The molecule has 4 heterocycles. The summed E-state index contributed by atoms with van der Waals surface area (Å²) in [6, 6.07) is 9.08. The van der Waals surface area contributed by atoms with E-state index in [0.717, 1.165) is 5.56 Å². The highest BCUT2D eigenvalue weighted by molar-refractivity contribution is 6.02. The molecule has 1 aliphatic rings. The fourth-order valence-electron chi connectivity index (χ4n) is 3.03. The summed E-state index contributed by atoms with van der Waals surface area (Å²) in [5.41, 5.74) is 1.83. The monoisotopic (exact) mass is 365 g/mol. The van der Waals surface area contributed by atoms with Crippen molar-refractivity contribution in [3.63, 3.8) is 0 Å². The highest BCUT2D eigenvalue weighted by Crippen LogP contribution is 2.16. The zero-order chi connectivity index (χ0) is 18.6.